The summed E-state index contributed by atoms with van der Waals surface area (Å²) in [6.07, 6.45) is 5.24. The molecule has 0 atom stereocenters. The van der Waals surface area contributed by atoms with Crippen LogP contribution in [0.2, 0.25) is 0 Å². The number of nitrogens with two attached hydrogens (primary N) is 2. The van der Waals surface area contributed by atoms with E-state index in [0.29, 0.717) is 11.3 Å². The molecule has 1 aliphatic rings. The van der Waals surface area contributed by atoms with Gasteiger partial charge in [0.1, 0.15) is 0 Å². The van der Waals surface area contributed by atoms with Crippen molar-refractivity contribution >= 4 is 17.3 Å². The third kappa shape index (κ3) is 2.58. The zero-order chi connectivity index (χ0) is 13.1. The van der Waals surface area contributed by atoms with Crippen LogP contribution < -0.4 is 16.4 Å². The summed E-state index contributed by atoms with van der Waals surface area (Å²) in [7, 11) is 2.02. The van der Waals surface area contributed by atoms with E-state index in [0.717, 1.165) is 18.2 Å². The molecule has 0 heterocycles. The lowest BCUT2D eigenvalue weighted by Gasteiger charge is -2.25. The van der Waals surface area contributed by atoms with E-state index in [1.165, 1.54) is 25.7 Å². The van der Waals surface area contributed by atoms with Gasteiger partial charge in [-0.15, -0.1) is 0 Å². The van der Waals surface area contributed by atoms with Crippen LogP contribution in [0.25, 0.3) is 0 Å². The van der Waals surface area contributed by atoms with Gasteiger partial charge in [-0.1, -0.05) is 18.9 Å². The first kappa shape index (κ1) is 12.7. The highest BCUT2D eigenvalue weighted by molar-refractivity contribution is 6.00. The molecule has 0 bridgehead atoms. The molecule has 1 aliphatic carbocycles. The molecule has 1 aromatic rings. The van der Waals surface area contributed by atoms with Gasteiger partial charge in [-0.3, -0.25) is 4.79 Å². The number of benzene rings is 1. The van der Waals surface area contributed by atoms with E-state index in [1.54, 1.807) is 6.07 Å². The van der Waals surface area contributed by atoms with Crippen molar-refractivity contribution in [3.8, 4) is 0 Å². The van der Waals surface area contributed by atoms with Gasteiger partial charge in [0.2, 0.25) is 0 Å². The molecule has 1 amide bonds. The van der Waals surface area contributed by atoms with Crippen LogP contribution in [-0.4, -0.2) is 19.5 Å². The van der Waals surface area contributed by atoms with Crippen molar-refractivity contribution in [2.24, 2.45) is 11.7 Å². The van der Waals surface area contributed by atoms with Gasteiger partial charge >= 0.3 is 0 Å². The summed E-state index contributed by atoms with van der Waals surface area (Å²) >= 11 is 0. The number of hydrogen-bond acceptors (Lipinski definition) is 3. The second-order valence-electron chi connectivity index (χ2n) is 5.13. The molecule has 4 heteroatoms. The van der Waals surface area contributed by atoms with Gasteiger partial charge in [0.05, 0.1) is 16.9 Å². The molecule has 0 aromatic heterocycles. The van der Waals surface area contributed by atoms with Crippen LogP contribution in [0.4, 0.5) is 11.4 Å². The topological polar surface area (TPSA) is 72.3 Å². The minimum atomic E-state index is -0.469. The van der Waals surface area contributed by atoms with Crippen molar-refractivity contribution in [3.05, 3.63) is 23.8 Å². The molecule has 0 unspecified atom stereocenters. The summed E-state index contributed by atoms with van der Waals surface area (Å²) in [6, 6.07) is 5.44. The van der Waals surface area contributed by atoms with Crippen molar-refractivity contribution in [2.45, 2.75) is 25.7 Å². The number of primary amides is 1. The van der Waals surface area contributed by atoms with Crippen LogP contribution in [0.15, 0.2) is 18.2 Å². The van der Waals surface area contributed by atoms with E-state index in [4.69, 9.17) is 11.5 Å². The molecule has 1 aromatic carbocycles. The van der Waals surface area contributed by atoms with Gasteiger partial charge in [0, 0.05) is 13.6 Å². The summed E-state index contributed by atoms with van der Waals surface area (Å²) in [5, 5.41) is 0. The second kappa shape index (κ2) is 5.29. The maximum atomic E-state index is 11.3. The average molecular weight is 247 g/mol. The molecular formula is C14H21N3O. The number of hydrogen-bond donors (Lipinski definition) is 2. The van der Waals surface area contributed by atoms with E-state index >= 15 is 0 Å². The Morgan fingerprint density at radius 2 is 2.06 bits per heavy atom. The lowest BCUT2D eigenvalue weighted by Crippen LogP contribution is -2.26. The third-order valence-electron chi connectivity index (χ3n) is 3.77. The maximum Gasteiger partial charge on any atom is 0.250 e. The number of amides is 1. The third-order valence-corrected chi connectivity index (χ3v) is 3.77. The Bertz CT molecular complexity index is 439. The summed E-state index contributed by atoms with van der Waals surface area (Å²) in [5.41, 5.74) is 13.1. The minimum Gasteiger partial charge on any atom is -0.396 e. The summed E-state index contributed by atoms with van der Waals surface area (Å²) < 4.78 is 0. The van der Waals surface area contributed by atoms with Crippen molar-refractivity contribution in [2.75, 3.05) is 24.2 Å². The Balaban J connectivity index is 2.16. The van der Waals surface area contributed by atoms with Crippen LogP contribution in [0.1, 0.15) is 36.0 Å². The van der Waals surface area contributed by atoms with Gasteiger partial charge in [-0.05, 0) is 30.9 Å². The van der Waals surface area contributed by atoms with Crippen LogP contribution in [-0.2, 0) is 0 Å². The van der Waals surface area contributed by atoms with E-state index in [-0.39, 0.29) is 0 Å². The van der Waals surface area contributed by atoms with Gasteiger partial charge < -0.3 is 16.4 Å². The van der Waals surface area contributed by atoms with Crippen molar-refractivity contribution in [1.82, 2.24) is 0 Å². The first-order valence-electron chi connectivity index (χ1n) is 6.49. The Kier molecular flexibility index (Phi) is 3.75. The van der Waals surface area contributed by atoms with Gasteiger partial charge in [0.25, 0.3) is 5.91 Å². The predicted octanol–water partition coefficient (Wildman–Crippen LogP) is 1.99. The average Bonchev–Trinajstić information content (AvgIpc) is 2.81. The monoisotopic (exact) mass is 247 g/mol. The molecule has 0 spiro atoms. The zero-order valence-electron chi connectivity index (χ0n) is 10.9. The van der Waals surface area contributed by atoms with Crippen molar-refractivity contribution < 1.29 is 4.79 Å². The second-order valence-corrected chi connectivity index (χ2v) is 5.13. The van der Waals surface area contributed by atoms with Crippen LogP contribution >= 0.6 is 0 Å². The van der Waals surface area contributed by atoms with E-state index in [9.17, 15) is 4.79 Å². The normalized spacial score (nSPS) is 15.8. The predicted molar refractivity (Wildman–Crippen MR) is 74.6 cm³/mol. The Morgan fingerprint density at radius 3 is 2.67 bits per heavy atom. The largest absolute Gasteiger partial charge is 0.396 e. The smallest absolute Gasteiger partial charge is 0.250 e. The first-order valence-corrected chi connectivity index (χ1v) is 6.49. The summed E-state index contributed by atoms with van der Waals surface area (Å²) in [4.78, 5) is 13.4. The molecule has 4 N–H and O–H groups in total. The number of carbonyl (C=O) groups is 1. The molecule has 0 saturated heterocycles. The van der Waals surface area contributed by atoms with Gasteiger partial charge in [-0.2, -0.15) is 0 Å². The number of nitrogens with zero attached hydrogens (tertiary/aromatic N) is 1. The van der Waals surface area contributed by atoms with Gasteiger partial charge in [-0.25, -0.2) is 0 Å². The summed E-state index contributed by atoms with van der Waals surface area (Å²) in [6.45, 7) is 0.992. The molecule has 1 fully saturated rings. The molecule has 4 nitrogen and oxygen atoms in total. The van der Waals surface area contributed by atoms with Crippen molar-refractivity contribution in [3.63, 3.8) is 0 Å². The van der Waals surface area contributed by atoms with E-state index in [2.05, 4.69) is 4.90 Å². The van der Waals surface area contributed by atoms with Crippen LogP contribution in [0.3, 0.4) is 0 Å². The first-order chi connectivity index (χ1) is 8.59. The quantitative estimate of drug-likeness (QED) is 0.799. The molecule has 0 radical (unpaired) electrons. The van der Waals surface area contributed by atoms with Crippen LogP contribution in [0, 0.1) is 5.92 Å². The zero-order valence-corrected chi connectivity index (χ0v) is 10.9. The van der Waals surface area contributed by atoms with E-state index < -0.39 is 5.91 Å². The number of anilines is 2. The highest BCUT2D eigenvalue weighted by Crippen LogP contribution is 2.30. The Labute approximate surface area is 108 Å². The minimum absolute atomic E-state index is 0.408. The molecule has 98 valence electrons. The highest BCUT2D eigenvalue weighted by Gasteiger charge is 2.19. The standard InChI is InChI=1S/C14H21N3O/c1-17(9-10-5-2-3-6-10)12-8-4-7-11(13(12)15)14(16)18/h4,7-8,10H,2-3,5-6,9,15H2,1H3,(H2,16,18). The van der Waals surface area contributed by atoms with E-state index in [1.807, 2.05) is 19.2 Å². The molecule has 2 rings (SSSR count). The van der Waals surface area contributed by atoms with Gasteiger partial charge in [0.15, 0.2) is 0 Å². The Hall–Kier alpha value is -1.71. The maximum absolute atomic E-state index is 11.3. The fourth-order valence-electron chi connectivity index (χ4n) is 2.78. The Morgan fingerprint density at radius 1 is 1.39 bits per heavy atom. The molecule has 18 heavy (non-hydrogen) atoms. The number of carbonyl (C=O) groups excluding carboxylic acids is 1. The van der Waals surface area contributed by atoms with Crippen molar-refractivity contribution in [1.29, 1.82) is 0 Å². The summed E-state index contributed by atoms with van der Waals surface area (Å²) in [5.74, 6) is 0.273. The molecule has 1 saturated carbocycles. The van der Waals surface area contributed by atoms with Crippen LogP contribution in [0.5, 0.6) is 0 Å². The molecular weight excluding hydrogens is 226 g/mol. The highest BCUT2D eigenvalue weighted by atomic mass is 16.1. The number of nitrogen functional groups attached to an aromatic ring is 1. The lowest BCUT2D eigenvalue weighted by atomic mass is 10.1. The number of rotatable bonds is 4. The lowest BCUT2D eigenvalue weighted by molar-refractivity contribution is 0.100. The molecule has 0 aliphatic heterocycles. The SMILES string of the molecule is CN(CC1CCCC1)c1cccc(C(N)=O)c1N. The fraction of sp³-hybridized carbons (Fsp3) is 0.500. The number of para-hydroxylation sites is 1. The fourth-order valence-corrected chi connectivity index (χ4v) is 2.78.